The molecule has 346 valence electrons. The first-order valence-electron chi connectivity index (χ1n) is 18.7. The zero-order valence-corrected chi connectivity index (χ0v) is 38.8. The number of diazo groups is 1. The van der Waals surface area contributed by atoms with Crippen LogP contribution < -0.4 is 25.4 Å². The molecule has 0 radical (unpaired) electrons. The van der Waals surface area contributed by atoms with Crippen molar-refractivity contribution in [2.24, 2.45) is 0 Å². The monoisotopic (exact) mass is 977 g/mol. The maximum absolute atomic E-state index is 14.7. The Morgan fingerprint density at radius 2 is 1.32 bits per heavy atom. The summed E-state index contributed by atoms with van der Waals surface area (Å²) in [6, 6.07) is 5.13. The highest BCUT2D eigenvalue weighted by atomic mass is 79.9. The van der Waals surface area contributed by atoms with Crippen molar-refractivity contribution in [3.8, 4) is 23.0 Å². The first-order chi connectivity index (χ1) is 28.9. The van der Waals surface area contributed by atoms with Crippen LogP contribution in [0.4, 0.5) is 32.1 Å². The average Bonchev–Trinajstić information content (AvgIpc) is 3.15. The minimum Gasteiger partial charge on any atom is -0.504 e. The van der Waals surface area contributed by atoms with Crippen molar-refractivity contribution < 1.29 is 74.4 Å². The van der Waals surface area contributed by atoms with Gasteiger partial charge in [-0.3, -0.25) is 9.59 Å². The van der Waals surface area contributed by atoms with E-state index in [4.69, 9.17) is 23.4 Å². The Bertz CT molecular complexity index is 2160. The normalized spacial score (nSPS) is 13.7. The highest BCUT2D eigenvalue weighted by molar-refractivity contribution is 9.10. The smallest absolute Gasteiger partial charge is 0.504 e. The summed E-state index contributed by atoms with van der Waals surface area (Å²) in [5, 5.41) is 38.0. The Labute approximate surface area is 370 Å². The molecule has 0 aliphatic heterocycles. The van der Waals surface area contributed by atoms with Gasteiger partial charge in [0.1, 0.15) is 29.5 Å². The van der Waals surface area contributed by atoms with Gasteiger partial charge in [0.05, 0.1) is 25.8 Å². The topological polar surface area (TPSA) is 219 Å². The maximum Gasteiger partial charge on any atom is 0.673 e. The molecule has 0 spiro atoms. The van der Waals surface area contributed by atoms with Crippen molar-refractivity contribution in [3.63, 3.8) is 0 Å². The number of carbonyl (C=O) groups excluding carboxylic acids is 4. The fraction of sp³-hybridized carbons (Fsp3) is 0.436. The van der Waals surface area contributed by atoms with Crippen LogP contribution in [0.5, 0.6) is 23.0 Å². The van der Waals surface area contributed by atoms with E-state index >= 15 is 0 Å². The number of aromatic hydroxyl groups is 2. The van der Waals surface area contributed by atoms with Crippen LogP contribution in [0.15, 0.2) is 53.0 Å². The van der Waals surface area contributed by atoms with Gasteiger partial charge in [-0.15, -0.1) is 0 Å². The van der Waals surface area contributed by atoms with Crippen LogP contribution in [0.3, 0.4) is 0 Å². The third-order valence-electron chi connectivity index (χ3n) is 9.28. The van der Waals surface area contributed by atoms with Gasteiger partial charge in [0.15, 0.2) is 30.8 Å². The third-order valence-corrected chi connectivity index (χ3v) is 14.4. The standard InChI is InChI=1S/C39H49BrFN5O11Si.BF4/c1-38(2,3)56-37(52)45-30(22-18-26(47)33(54-8)27(48)19-22)35(50)43-29(20-13-15-28(53-7)23(40)16-20)34(49)44-31(36(51)55-9)32(57-58(10,11)39(4,5)6)21-12-14-24(41)25(17-21)46-42;2-1(3,4)5/h12-19,29-32H,1-11H3,(H4-,43,44,45,47,48,49,50,52);/q;-1/p+1/t29-,30-,31+,32-;/m1./s1. The van der Waals surface area contributed by atoms with Crippen molar-refractivity contribution >= 4 is 61.1 Å². The van der Waals surface area contributed by atoms with E-state index in [9.17, 15) is 56.4 Å². The molecule has 63 heavy (non-hydrogen) atoms. The second-order valence-electron chi connectivity index (χ2n) is 16.1. The molecule has 5 N–H and O–H groups in total. The van der Waals surface area contributed by atoms with E-state index in [0.29, 0.717) is 10.2 Å². The van der Waals surface area contributed by atoms with Gasteiger partial charge in [0.2, 0.25) is 28.8 Å². The minimum absolute atomic E-state index is 0.133. The highest BCUT2D eigenvalue weighted by Gasteiger charge is 2.45. The van der Waals surface area contributed by atoms with E-state index in [1.165, 1.54) is 44.6 Å². The number of hydrogen-bond donors (Lipinski definition) is 5. The molecule has 24 heteroatoms. The van der Waals surface area contributed by atoms with Crippen LogP contribution in [-0.4, -0.2) is 82.6 Å². The summed E-state index contributed by atoms with van der Waals surface area (Å²) in [6.45, 7) is 14.4. The van der Waals surface area contributed by atoms with E-state index in [2.05, 4.69) is 36.9 Å². The first-order valence-corrected chi connectivity index (χ1v) is 22.4. The summed E-state index contributed by atoms with van der Waals surface area (Å²) < 4.78 is 81.5. The molecule has 0 saturated carbocycles. The summed E-state index contributed by atoms with van der Waals surface area (Å²) in [4.78, 5) is 58.8. The van der Waals surface area contributed by atoms with E-state index in [1.54, 1.807) is 20.8 Å². The van der Waals surface area contributed by atoms with E-state index in [1.807, 2.05) is 33.9 Å². The zero-order chi connectivity index (χ0) is 48.4. The Morgan fingerprint density at radius 1 is 0.794 bits per heavy atom. The van der Waals surface area contributed by atoms with Gasteiger partial charge in [0, 0.05) is 6.07 Å². The number of amides is 3. The predicted molar refractivity (Wildman–Crippen MR) is 226 cm³/mol. The SMILES string of the molecule is COC(=O)[C@@H](NC(=O)[C@H](NC(=O)[C@H](NC(=O)OC(C)(C)C)c1cc(O)c(OC)c(O)c1)c1ccc(OC)c(Br)c1)[C@H](O[Si](C)(C)C(C)(C)C)c1ccc(F)c([N+]#N)c1.F[B-](F)(F)F. The van der Waals surface area contributed by atoms with Crippen LogP contribution in [0.25, 0.3) is 4.98 Å². The summed E-state index contributed by atoms with van der Waals surface area (Å²) >= 11 is 3.40. The highest BCUT2D eigenvalue weighted by Crippen LogP contribution is 2.42. The Kier molecular flexibility index (Phi) is 18.3. The van der Waals surface area contributed by atoms with E-state index in [-0.39, 0.29) is 22.4 Å². The van der Waals surface area contributed by atoms with Gasteiger partial charge in [-0.1, -0.05) is 32.9 Å². The first kappa shape index (κ1) is 53.5. The molecule has 0 unspecified atom stereocenters. The fourth-order valence-electron chi connectivity index (χ4n) is 5.34. The van der Waals surface area contributed by atoms with Crippen molar-refractivity contribution in [1.29, 1.82) is 5.39 Å². The van der Waals surface area contributed by atoms with Gasteiger partial charge >= 0.3 is 25.0 Å². The maximum atomic E-state index is 14.7. The molecule has 3 amide bonds. The largest absolute Gasteiger partial charge is 0.673 e. The third kappa shape index (κ3) is 15.6. The number of nitrogens with one attached hydrogen (secondary N) is 3. The van der Waals surface area contributed by atoms with Gasteiger partial charge < -0.3 is 66.8 Å². The number of alkyl carbamates (subject to hydrolysis) is 1. The zero-order valence-electron chi connectivity index (χ0n) is 36.2. The Hall–Kier alpha value is -5.67. The van der Waals surface area contributed by atoms with Crippen LogP contribution in [0.2, 0.25) is 18.1 Å². The number of rotatable bonds is 14. The number of phenolic OH excluding ortho intramolecular Hbond substituents is 2. The average molecular weight is 979 g/mol. The molecular weight excluding hydrogens is 928 g/mol. The lowest BCUT2D eigenvalue weighted by molar-refractivity contribution is -0.148. The molecule has 0 aliphatic carbocycles. The number of hydrogen-bond acceptors (Lipinski definition) is 12. The Balaban J connectivity index is 0.00000257. The number of halogens is 6. The van der Waals surface area contributed by atoms with Gasteiger partial charge in [-0.2, -0.15) is 4.39 Å². The molecule has 0 aliphatic rings. The lowest BCUT2D eigenvalue weighted by Gasteiger charge is -2.41. The fourth-order valence-corrected chi connectivity index (χ4v) is 7.16. The van der Waals surface area contributed by atoms with Gasteiger partial charge in [0.25, 0.3) is 0 Å². The molecule has 0 saturated heterocycles. The van der Waals surface area contributed by atoms with Gasteiger partial charge in [-0.25, -0.2) is 9.59 Å². The van der Waals surface area contributed by atoms with Crippen molar-refractivity contribution in [1.82, 2.24) is 16.0 Å². The molecule has 3 rings (SSSR count). The molecular formula is C39H50BBrF5N5O11Si. The van der Waals surface area contributed by atoms with Crippen LogP contribution in [-0.2, 0) is 28.3 Å². The second-order valence-corrected chi connectivity index (χ2v) is 21.7. The molecule has 0 heterocycles. The lowest BCUT2D eigenvalue weighted by atomic mass is 9.99. The summed E-state index contributed by atoms with van der Waals surface area (Å²) in [5.41, 5.74) is -1.28. The van der Waals surface area contributed by atoms with Crippen LogP contribution in [0.1, 0.15) is 76.4 Å². The molecule has 16 nitrogen and oxygen atoms in total. The van der Waals surface area contributed by atoms with E-state index in [0.717, 1.165) is 25.3 Å². The molecule has 0 aromatic heterocycles. The summed E-state index contributed by atoms with van der Waals surface area (Å²) in [7, 11) is -5.12. The molecule has 4 atom stereocenters. The molecule has 3 aromatic carbocycles. The number of phenols is 2. The van der Waals surface area contributed by atoms with Crippen molar-refractivity contribution in [2.45, 2.75) is 89.5 Å². The minimum atomic E-state index is -6.00. The quantitative estimate of drug-likeness (QED) is 0.0444. The second kappa shape index (κ2) is 21.6. The van der Waals surface area contributed by atoms with Crippen LogP contribution in [0, 0.1) is 11.2 Å². The van der Waals surface area contributed by atoms with Gasteiger partial charge in [-0.05, 0) is 102 Å². The van der Waals surface area contributed by atoms with Crippen molar-refractivity contribution in [3.05, 3.63) is 80.5 Å². The Morgan fingerprint density at radius 3 is 1.78 bits per heavy atom. The van der Waals surface area contributed by atoms with Crippen molar-refractivity contribution in [2.75, 3.05) is 21.3 Å². The number of esters is 1. The molecule has 0 bridgehead atoms. The summed E-state index contributed by atoms with van der Waals surface area (Å²) in [6.07, 6.45) is -2.40. The molecule has 0 fully saturated rings. The number of carbonyl (C=O) groups is 4. The molecule has 3 aromatic rings. The number of ether oxygens (including phenoxy) is 4. The predicted octanol–water partition coefficient (Wildman–Crippen LogP) is 8.65. The number of methoxy groups -OCH3 is 3. The number of benzene rings is 3. The van der Waals surface area contributed by atoms with Crippen LogP contribution >= 0.6 is 15.9 Å². The summed E-state index contributed by atoms with van der Waals surface area (Å²) in [5.74, 6) is -4.91. The van der Waals surface area contributed by atoms with E-state index < -0.39 is 97.3 Å². The lowest BCUT2D eigenvalue weighted by Crippen LogP contribution is -2.54. The number of nitrogens with zero attached hydrogens (tertiary/aromatic N) is 2.